The van der Waals surface area contributed by atoms with Gasteiger partial charge >= 0.3 is 0 Å². The van der Waals surface area contributed by atoms with Crippen molar-refractivity contribution >= 4 is 69.4 Å². The molecule has 2 aromatic rings. The molecule has 0 spiro atoms. The fourth-order valence-electron chi connectivity index (χ4n) is 2.10. The molecule has 0 aliphatic heterocycles. The van der Waals surface area contributed by atoms with E-state index in [1.165, 1.54) is 30.3 Å². The Morgan fingerprint density at radius 3 is 2.32 bits per heavy atom. The monoisotopic (exact) mass is 462 g/mol. The molecule has 0 bridgehead atoms. The molecule has 0 saturated carbocycles. The van der Waals surface area contributed by atoms with E-state index in [4.69, 9.17) is 47.0 Å². The number of anilines is 1. The van der Waals surface area contributed by atoms with E-state index in [1.54, 1.807) is 18.2 Å². The van der Waals surface area contributed by atoms with Gasteiger partial charge < -0.3 is 21.1 Å². The van der Waals surface area contributed by atoms with Crippen molar-refractivity contribution in [2.24, 2.45) is 0 Å². The quantitative estimate of drug-likeness (QED) is 0.133. The molecule has 0 aliphatic carbocycles. The molecule has 12 heteroatoms. The van der Waals surface area contributed by atoms with Crippen LogP contribution in [0, 0.1) is 10.1 Å². The van der Waals surface area contributed by atoms with Crippen LogP contribution < -0.4 is 16.0 Å². The third kappa shape index (κ3) is 5.83. The van der Waals surface area contributed by atoms with E-state index in [2.05, 4.69) is 16.0 Å². The van der Waals surface area contributed by atoms with E-state index >= 15 is 0 Å². The number of phenols is 1. The molecule has 0 aliphatic rings. The molecular weight excluding hydrogens is 451 g/mol. The van der Waals surface area contributed by atoms with Crippen LogP contribution in [0.2, 0.25) is 0 Å². The number of carbonyl (C=O) groups excluding carboxylic acids is 1. The summed E-state index contributed by atoms with van der Waals surface area (Å²) in [5, 5.41) is 28.4. The lowest BCUT2D eigenvalue weighted by atomic mass is 10.1. The van der Waals surface area contributed by atoms with Crippen LogP contribution in [0.1, 0.15) is 10.4 Å². The number of nitro groups is 1. The van der Waals surface area contributed by atoms with Gasteiger partial charge in [-0.15, -0.1) is 0 Å². The van der Waals surface area contributed by atoms with E-state index in [0.29, 0.717) is 0 Å². The molecular formula is C16H13Cl3N4O4S. The highest BCUT2D eigenvalue weighted by Gasteiger charge is 2.36. The Labute approximate surface area is 179 Å². The number of carbonyl (C=O) groups is 1. The van der Waals surface area contributed by atoms with Crippen LogP contribution in [0.15, 0.2) is 48.5 Å². The maximum absolute atomic E-state index is 12.5. The summed E-state index contributed by atoms with van der Waals surface area (Å²) in [6.45, 7) is 0. The van der Waals surface area contributed by atoms with E-state index in [1.807, 2.05) is 0 Å². The minimum absolute atomic E-state index is 0.0685. The number of benzene rings is 2. The zero-order valence-electron chi connectivity index (χ0n) is 13.9. The van der Waals surface area contributed by atoms with Crippen molar-refractivity contribution in [3.63, 3.8) is 0 Å². The molecule has 1 atom stereocenters. The van der Waals surface area contributed by atoms with Gasteiger partial charge in [0.25, 0.3) is 11.6 Å². The summed E-state index contributed by atoms with van der Waals surface area (Å²) >= 11 is 22.8. The number of para-hydroxylation sites is 3. The van der Waals surface area contributed by atoms with Crippen molar-refractivity contribution < 1.29 is 14.8 Å². The number of hydrogen-bond acceptors (Lipinski definition) is 5. The number of phenolic OH excluding ortho intramolecular Hbond substituents is 1. The smallest absolute Gasteiger partial charge is 0.282 e. The second kappa shape index (κ2) is 9.24. The molecule has 0 saturated heterocycles. The molecule has 28 heavy (non-hydrogen) atoms. The summed E-state index contributed by atoms with van der Waals surface area (Å²) in [5.74, 6) is -0.914. The summed E-state index contributed by atoms with van der Waals surface area (Å²) in [4.78, 5) is 22.9. The summed E-state index contributed by atoms with van der Waals surface area (Å²) in [5.41, 5.74) is -0.334. The molecule has 148 valence electrons. The van der Waals surface area contributed by atoms with Crippen LogP contribution in [0.4, 0.5) is 11.4 Å². The highest BCUT2D eigenvalue weighted by molar-refractivity contribution is 7.80. The number of aromatic hydroxyl groups is 1. The molecule has 1 unspecified atom stereocenters. The molecule has 0 heterocycles. The van der Waals surface area contributed by atoms with Gasteiger partial charge in [0.05, 0.1) is 10.6 Å². The third-order valence-electron chi connectivity index (χ3n) is 3.38. The van der Waals surface area contributed by atoms with Gasteiger partial charge in [0.2, 0.25) is 3.79 Å². The van der Waals surface area contributed by atoms with Crippen molar-refractivity contribution in [3.05, 3.63) is 64.2 Å². The van der Waals surface area contributed by atoms with Gasteiger partial charge in [-0.05, 0) is 30.4 Å². The number of halogens is 3. The molecule has 8 nitrogen and oxygen atoms in total. The Hall–Kier alpha value is -2.33. The number of nitrogens with zero attached hydrogens (tertiary/aromatic N) is 1. The van der Waals surface area contributed by atoms with Crippen molar-refractivity contribution in [3.8, 4) is 5.75 Å². The average molecular weight is 464 g/mol. The maximum Gasteiger partial charge on any atom is 0.282 e. The van der Waals surface area contributed by atoms with Gasteiger partial charge in [-0.2, -0.15) is 0 Å². The van der Waals surface area contributed by atoms with Gasteiger partial charge in [0, 0.05) is 6.07 Å². The van der Waals surface area contributed by atoms with Gasteiger partial charge in [-0.3, -0.25) is 14.9 Å². The normalized spacial score (nSPS) is 12.0. The van der Waals surface area contributed by atoms with Gasteiger partial charge in [-0.25, -0.2) is 0 Å². The van der Waals surface area contributed by atoms with Crippen molar-refractivity contribution in [2.75, 3.05) is 5.32 Å². The third-order valence-corrected chi connectivity index (χ3v) is 4.25. The number of alkyl halides is 3. The maximum atomic E-state index is 12.5. The first-order valence-electron chi connectivity index (χ1n) is 7.56. The summed E-state index contributed by atoms with van der Waals surface area (Å²) in [6, 6.07) is 11.6. The predicted octanol–water partition coefficient (Wildman–Crippen LogP) is 3.71. The molecule has 1 amide bonds. The van der Waals surface area contributed by atoms with Crippen molar-refractivity contribution in [2.45, 2.75) is 9.96 Å². The van der Waals surface area contributed by atoms with E-state index in [-0.39, 0.29) is 22.1 Å². The SMILES string of the molecule is O=C(NC(NC(=S)Nc1ccccc1O)C(Cl)(Cl)Cl)c1ccccc1[N+](=O)[O-]. The summed E-state index contributed by atoms with van der Waals surface area (Å²) in [7, 11) is 0. The van der Waals surface area contributed by atoms with Crippen molar-refractivity contribution in [1.82, 2.24) is 10.6 Å². The highest BCUT2D eigenvalue weighted by Crippen LogP contribution is 2.30. The van der Waals surface area contributed by atoms with Crippen molar-refractivity contribution in [1.29, 1.82) is 0 Å². The minimum atomic E-state index is -2.05. The standard InChI is InChI=1S/C16H13Cl3N4O4S/c17-16(18,19)14(22-15(28)20-10-6-2-4-8-12(10)24)21-13(25)9-5-1-3-7-11(9)23(26)27/h1-8,14,24H,(H,21,25)(H2,20,22,28). The molecule has 0 radical (unpaired) electrons. The number of rotatable bonds is 5. The number of hydrogen-bond donors (Lipinski definition) is 4. The highest BCUT2D eigenvalue weighted by atomic mass is 35.6. The number of thiocarbonyl (C=S) groups is 1. The summed E-state index contributed by atoms with van der Waals surface area (Å²) in [6.07, 6.45) is -1.34. The first kappa shape index (κ1) is 22.0. The first-order valence-corrected chi connectivity index (χ1v) is 9.10. The number of nitro benzene ring substituents is 1. The Morgan fingerprint density at radius 2 is 1.71 bits per heavy atom. The van der Waals surface area contributed by atoms with Gasteiger partial charge in [0.1, 0.15) is 17.5 Å². The Morgan fingerprint density at radius 1 is 1.11 bits per heavy atom. The number of amides is 1. The zero-order valence-corrected chi connectivity index (χ0v) is 16.9. The first-order chi connectivity index (χ1) is 13.1. The molecule has 0 aromatic heterocycles. The molecule has 2 aromatic carbocycles. The lowest BCUT2D eigenvalue weighted by Gasteiger charge is -2.27. The Kier molecular flexibility index (Phi) is 7.25. The number of nitrogens with one attached hydrogen (secondary N) is 3. The summed E-state index contributed by atoms with van der Waals surface area (Å²) < 4.78 is -2.05. The fourth-order valence-corrected chi connectivity index (χ4v) is 2.66. The average Bonchev–Trinajstić information content (AvgIpc) is 2.62. The Bertz CT molecular complexity index is 907. The lowest BCUT2D eigenvalue weighted by molar-refractivity contribution is -0.385. The lowest BCUT2D eigenvalue weighted by Crippen LogP contribution is -2.56. The van der Waals surface area contributed by atoms with E-state index in [9.17, 15) is 20.0 Å². The van der Waals surface area contributed by atoms with Gasteiger partial charge in [-0.1, -0.05) is 59.1 Å². The van der Waals surface area contributed by atoms with Crippen LogP contribution in [0.3, 0.4) is 0 Å². The van der Waals surface area contributed by atoms with Crippen LogP contribution in [0.5, 0.6) is 5.75 Å². The van der Waals surface area contributed by atoms with Crippen LogP contribution >= 0.6 is 47.0 Å². The second-order valence-corrected chi connectivity index (χ2v) is 8.12. The van der Waals surface area contributed by atoms with Crippen LogP contribution in [-0.4, -0.2) is 31.0 Å². The largest absolute Gasteiger partial charge is 0.506 e. The predicted molar refractivity (Wildman–Crippen MR) is 112 cm³/mol. The molecule has 0 fully saturated rings. The van der Waals surface area contributed by atoms with E-state index in [0.717, 1.165) is 0 Å². The zero-order chi connectivity index (χ0) is 20.9. The van der Waals surface area contributed by atoms with Crippen LogP contribution in [-0.2, 0) is 0 Å². The fraction of sp³-hybridized carbons (Fsp3) is 0.125. The Balaban J connectivity index is 2.16. The van der Waals surface area contributed by atoms with Crippen LogP contribution in [0.25, 0.3) is 0 Å². The van der Waals surface area contributed by atoms with Gasteiger partial charge in [0.15, 0.2) is 5.11 Å². The second-order valence-electron chi connectivity index (χ2n) is 5.34. The topological polar surface area (TPSA) is 117 Å². The molecule has 4 N–H and O–H groups in total. The molecule has 2 rings (SSSR count). The van der Waals surface area contributed by atoms with E-state index < -0.39 is 26.5 Å². The minimum Gasteiger partial charge on any atom is -0.506 e.